The molecule has 7 nitrogen and oxygen atoms in total. The molecule has 0 aliphatic carbocycles. The number of rotatable bonds is 4. The summed E-state index contributed by atoms with van der Waals surface area (Å²) in [5.41, 5.74) is 2.69. The van der Waals surface area contributed by atoms with E-state index in [0.717, 1.165) is 5.56 Å². The lowest BCUT2D eigenvalue weighted by Crippen LogP contribution is -2.32. The average molecular weight is 437 g/mol. The first-order chi connectivity index (χ1) is 13.6. The van der Waals surface area contributed by atoms with Gasteiger partial charge in [0.05, 0.1) is 29.6 Å². The van der Waals surface area contributed by atoms with Gasteiger partial charge >= 0.3 is 6.09 Å². The summed E-state index contributed by atoms with van der Waals surface area (Å²) >= 11 is 12.5. The van der Waals surface area contributed by atoms with E-state index in [-0.39, 0.29) is 13.2 Å². The third kappa shape index (κ3) is 4.80. The number of aromatic nitrogens is 3. The van der Waals surface area contributed by atoms with Crippen molar-refractivity contribution in [3.05, 3.63) is 51.4 Å². The highest BCUT2D eigenvalue weighted by atomic mass is 35.5. The van der Waals surface area contributed by atoms with E-state index in [1.165, 1.54) is 0 Å². The summed E-state index contributed by atoms with van der Waals surface area (Å²) in [6.07, 6.45) is 1.16. The fraction of sp³-hybridized carbons (Fsp3) is 0.350. The second-order valence-electron chi connectivity index (χ2n) is 7.56. The highest BCUT2D eigenvalue weighted by Gasteiger charge is 2.21. The lowest BCUT2D eigenvalue weighted by molar-refractivity contribution is 0.0523. The number of hydrogen-bond acceptors (Lipinski definition) is 5. The number of alkyl carbamates (subject to hydrolysis) is 1. The van der Waals surface area contributed by atoms with Gasteiger partial charge in [-0.05, 0) is 45.9 Å². The predicted molar refractivity (Wildman–Crippen MR) is 112 cm³/mol. The molecular formula is C20H22Cl2N4O3. The molecule has 3 rings (SSSR count). The zero-order valence-electron chi connectivity index (χ0n) is 16.6. The SMILES string of the molecule is Cc1nc2nc(CO)cn2c(-c2ccc(Cl)cc2Cl)c1CNC(=O)OC(C)(C)C. The molecule has 1 aromatic carbocycles. The van der Waals surface area contributed by atoms with E-state index in [2.05, 4.69) is 15.3 Å². The maximum atomic E-state index is 12.2. The Morgan fingerprint density at radius 1 is 1.28 bits per heavy atom. The normalized spacial score (nSPS) is 11.7. The van der Waals surface area contributed by atoms with Crippen LogP contribution in [-0.2, 0) is 17.9 Å². The summed E-state index contributed by atoms with van der Waals surface area (Å²) in [5.74, 6) is 0.425. The molecule has 1 amide bonds. The Morgan fingerprint density at radius 2 is 2.00 bits per heavy atom. The quantitative estimate of drug-likeness (QED) is 0.626. The van der Waals surface area contributed by atoms with E-state index in [9.17, 15) is 9.90 Å². The highest BCUT2D eigenvalue weighted by Crippen LogP contribution is 2.34. The van der Waals surface area contributed by atoms with Crippen LogP contribution in [0, 0.1) is 6.92 Å². The smallest absolute Gasteiger partial charge is 0.407 e. The van der Waals surface area contributed by atoms with E-state index in [4.69, 9.17) is 27.9 Å². The number of aliphatic hydroxyl groups is 1. The van der Waals surface area contributed by atoms with Gasteiger partial charge in [-0.3, -0.25) is 4.40 Å². The van der Waals surface area contributed by atoms with Crippen molar-refractivity contribution in [3.63, 3.8) is 0 Å². The van der Waals surface area contributed by atoms with Crippen LogP contribution in [0.15, 0.2) is 24.4 Å². The van der Waals surface area contributed by atoms with E-state index < -0.39 is 11.7 Å². The second kappa shape index (κ2) is 8.18. The number of carbonyl (C=O) groups excluding carboxylic acids is 1. The van der Waals surface area contributed by atoms with Crippen LogP contribution in [0.5, 0.6) is 0 Å². The molecule has 0 spiro atoms. The molecule has 0 fully saturated rings. The maximum absolute atomic E-state index is 12.2. The minimum absolute atomic E-state index is 0.171. The van der Waals surface area contributed by atoms with Gasteiger partial charge in [-0.1, -0.05) is 23.2 Å². The predicted octanol–water partition coefficient (Wildman–Crippen LogP) is 4.53. The van der Waals surface area contributed by atoms with E-state index in [1.54, 1.807) is 49.6 Å². The molecule has 2 heterocycles. The molecule has 0 saturated heterocycles. The number of ether oxygens (including phenoxy) is 1. The molecule has 0 bridgehead atoms. The van der Waals surface area contributed by atoms with Gasteiger partial charge < -0.3 is 15.2 Å². The van der Waals surface area contributed by atoms with Crippen LogP contribution in [-0.4, -0.2) is 31.2 Å². The third-order valence-electron chi connectivity index (χ3n) is 4.13. The Bertz CT molecular complexity index is 1070. The third-order valence-corrected chi connectivity index (χ3v) is 4.67. The number of aliphatic hydroxyl groups excluding tert-OH is 1. The van der Waals surface area contributed by atoms with Gasteiger partial charge in [0.15, 0.2) is 0 Å². The first kappa shape index (κ1) is 21.4. The fourth-order valence-corrected chi connectivity index (χ4v) is 3.43. The lowest BCUT2D eigenvalue weighted by atomic mass is 10.0. The number of aryl methyl sites for hydroxylation is 1. The molecule has 0 aliphatic heterocycles. The summed E-state index contributed by atoms with van der Waals surface area (Å²) in [4.78, 5) is 21.0. The largest absolute Gasteiger partial charge is 0.444 e. The second-order valence-corrected chi connectivity index (χ2v) is 8.41. The van der Waals surface area contributed by atoms with Crippen molar-refractivity contribution in [3.8, 4) is 11.3 Å². The van der Waals surface area contributed by atoms with Crippen molar-refractivity contribution < 1.29 is 14.6 Å². The van der Waals surface area contributed by atoms with Crippen molar-refractivity contribution in [2.24, 2.45) is 0 Å². The van der Waals surface area contributed by atoms with Crippen LogP contribution < -0.4 is 5.32 Å². The van der Waals surface area contributed by atoms with Gasteiger partial charge in [-0.15, -0.1) is 0 Å². The Labute approximate surface area is 178 Å². The average Bonchev–Trinajstić information content (AvgIpc) is 3.01. The number of fused-ring (bicyclic) bond motifs is 1. The van der Waals surface area contributed by atoms with Gasteiger partial charge in [0, 0.05) is 28.0 Å². The number of amides is 1. The van der Waals surface area contributed by atoms with Gasteiger partial charge in [0.1, 0.15) is 5.60 Å². The summed E-state index contributed by atoms with van der Waals surface area (Å²) < 4.78 is 7.08. The van der Waals surface area contributed by atoms with Gasteiger partial charge in [0.25, 0.3) is 0 Å². The van der Waals surface area contributed by atoms with Crippen LogP contribution >= 0.6 is 23.2 Å². The molecule has 0 atom stereocenters. The number of nitrogens with zero attached hydrogens (tertiary/aromatic N) is 3. The van der Waals surface area contributed by atoms with Crippen molar-refractivity contribution in [1.82, 2.24) is 19.7 Å². The maximum Gasteiger partial charge on any atom is 0.407 e. The topological polar surface area (TPSA) is 88.8 Å². The van der Waals surface area contributed by atoms with Crippen molar-refractivity contribution in [2.75, 3.05) is 0 Å². The first-order valence-corrected chi connectivity index (χ1v) is 9.75. The molecule has 0 unspecified atom stereocenters. The molecule has 0 aliphatic rings. The molecule has 2 aromatic heterocycles. The monoisotopic (exact) mass is 436 g/mol. The molecule has 154 valence electrons. The van der Waals surface area contributed by atoms with Crippen LogP contribution in [0.3, 0.4) is 0 Å². The summed E-state index contributed by atoms with van der Waals surface area (Å²) in [6.45, 7) is 7.17. The summed E-state index contributed by atoms with van der Waals surface area (Å²) in [7, 11) is 0. The molecule has 0 saturated carbocycles. The minimum atomic E-state index is -0.607. The van der Waals surface area contributed by atoms with Crippen molar-refractivity contribution in [2.45, 2.75) is 46.4 Å². The molecule has 0 radical (unpaired) electrons. The lowest BCUT2D eigenvalue weighted by Gasteiger charge is -2.21. The van der Waals surface area contributed by atoms with Crippen LogP contribution in [0.2, 0.25) is 10.0 Å². The van der Waals surface area contributed by atoms with E-state index in [0.29, 0.717) is 38.5 Å². The Balaban J connectivity index is 2.13. The Morgan fingerprint density at radius 3 is 2.62 bits per heavy atom. The van der Waals surface area contributed by atoms with Crippen LogP contribution in [0.4, 0.5) is 4.79 Å². The van der Waals surface area contributed by atoms with Gasteiger partial charge in [-0.25, -0.2) is 14.8 Å². The number of imidazole rings is 1. The molecule has 9 heteroatoms. The number of nitrogens with one attached hydrogen (secondary N) is 1. The molecule has 3 aromatic rings. The van der Waals surface area contributed by atoms with Crippen LogP contribution in [0.25, 0.3) is 17.0 Å². The molecule has 2 N–H and O–H groups in total. The summed E-state index contributed by atoms with van der Waals surface area (Å²) in [5, 5.41) is 13.2. The Kier molecular flexibility index (Phi) is 6.03. The number of halogens is 2. The Hall–Kier alpha value is -2.35. The molecule has 29 heavy (non-hydrogen) atoms. The standard InChI is InChI=1S/C20H22Cl2N4O3/c1-11-15(8-23-19(28)29-20(2,3)4)17(14-6-5-12(21)7-16(14)22)26-9-13(10-27)25-18(26)24-11/h5-7,9,27H,8,10H2,1-4H3,(H,23,28). The minimum Gasteiger partial charge on any atom is -0.444 e. The fourth-order valence-electron chi connectivity index (χ4n) is 2.93. The summed E-state index contributed by atoms with van der Waals surface area (Å²) in [6, 6.07) is 5.18. The van der Waals surface area contributed by atoms with Crippen LogP contribution in [0.1, 0.15) is 37.7 Å². The van der Waals surface area contributed by atoms with Gasteiger partial charge in [0.2, 0.25) is 5.78 Å². The van der Waals surface area contributed by atoms with E-state index >= 15 is 0 Å². The first-order valence-electron chi connectivity index (χ1n) is 8.99. The van der Waals surface area contributed by atoms with Gasteiger partial charge in [-0.2, -0.15) is 0 Å². The molecular weight excluding hydrogens is 415 g/mol. The highest BCUT2D eigenvalue weighted by molar-refractivity contribution is 6.36. The number of hydrogen-bond donors (Lipinski definition) is 2. The van der Waals surface area contributed by atoms with Crippen molar-refractivity contribution in [1.29, 1.82) is 0 Å². The zero-order valence-corrected chi connectivity index (χ0v) is 18.1. The zero-order chi connectivity index (χ0) is 21.3. The van der Waals surface area contributed by atoms with E-state index in [1.807, 2.05) is 6.92 Å². The number of benzene rings is 1. The number of carbonyl (C=O) groups is 1. The van der Waals surface area contributed by atoms with Crippen molar-refractivity contribution >= 4 is 35.1 Å².